The van der Waals surface area contributed by atoms with Crippen LogP contribution in [-0.4, -0.2) is 12.1 Å². The summed E-state index contributed by atoms with van der Waals surface area (Å²) in [4.78, 5) is 14.2. The van der Waals surface area contributed by atoms with Crippen LogP contribution in [0.2, 0.25) is 0 Å². The summed E-state index contributed by atoms with van der Waals surface area (Å²) in [5.41, 5.74) is 0. The highest BCUT2D eigenvalue weighted by atomic mass is 32.1. The Hall–Kier alpha value is -1.03. The van der Waals surface area contributed by atoms with E-state index in [-0.39, 0.29) is 12.1 Å². The standard InChI is InChI=1S/C15H26N2OS/c1-4-5-6-7-8-12(2)17-15(18)16-11-14-10-9-13(3)19-14/h9-10,12H,4-8,11H2,1-3H3,(H2,16,17,18). The van der Waals surface area contributed by atoms with Gasteiger partial charge in [0.05, 0.1) is 6.54 Å². The van der Waals surface area contributed by atoms with Crippen molar-refractivity contribution in [3.05, 3.63) is 21.9 Å². The number of hydrogen-bond donors (Lipinski definition) is 2. The smallest absolute Gasteiger partial charge is 0.315 e. The van der Waals surface area contributed by atoms with E-state index in [1.165, 1.54) is 35.4 Å². The lowest BCUT2D eigenvalue weighted by Crippen LogP contribution is -2.40. The molecule has 108 valence electrons. The third-order valence-electron chi connectivity index (χ3n) is 3.09. The van der Waals surface area contributed by atoms with E-state index in [1.807, 2.05) is 0 Å². The molecule has 2 N–H and O–H groups in total. The van der Waals surface area contributed by atoms with Crippen LogP contribution >= 0.6 is 11.3 Å². The second-order valence-corrected chi connectivity index (χ2v) is 6.46. The molecule has 0 radical (unpaired) electrons. The molecule has 0 aliphatic heterocycles. The molecule has 3 nitrogen and oxygen atoms in total. The highest BCUT2D eigenvalue weighted by Crippen LogP contribution is 2.14. The lowest BCUT2D eigenvalue weighted by atomic mass is 10.1. The van der Waals surface area contributed by atoms with Gasteiger partial charge in [0.15, 0.2) is 0 Å². The van der Waals surface area contributed by atoms with Crippen molar-refractivity contribution in [2.45, 2.75) is 65.5 Å². The zero-order chi connectivity index (χ0) is 14.1. The van der Waals surface area contributed by atoms with Crippen molar-refractivity contribution < 1.29 is 4.79 Å². The first-order valence-electron chi connectivity index (χ1n) is 7.21. The first-order chi connectivity index (χ1) is 9.11. The summed E-state index contributed by atoms with van der Waals surface area (Å²) < 4.78 is 0. The number of carbonyl (C=O) groups is 1. The van der Waals surface area contributed by atoms with Gasteiger partial charge < -0.3 is 10.6 Å². The monoisotopic (exact) mass is 282 g/mol. The van der Waals surface area contributed by atoms with E-state index in [1.54, 1.807) is 11.3 Å². The molecular formula is C15H26N2OS. The molecule has 0 saturated carbocycles. The van der Waals surface area contributed by atoms with Crippen molar-refractivity contribution in [2.75, 3.05) is 0 Å². The third-order valence-corrected chi connectivity index (χ3v) is 4.09. The molecular weight excluding hydrogens is 256 g/mol. The molecule has 1 atom stereocenters. The molecule has 4 heteroatoms. The normalized spacial score (nSPS) is 12.2. The Morgan fingerprint density at radius 3 is 2.74 bits per heavy atom. The van der Waals surface area contributed by atoms with Crippen LogP contribution in [-0.2, 0) is 6.54 Å². The molecule has 2 amide bonds. The van der Waals surface area contributed by atoms with Gasteiger partial charge in [0.2, 0.25) is 0 Å². The Labute approximate surface area is 120 Å². The van der Waals surface area contributed by atoms with Crippen LogP contribution in [0.1, 0.15) is 55.7 Å². The molecule has 0 aliphatic carbocycles. The molecule has 19 heavy (non-hydrogen) atoms. The van der Waals surface area contributed by atoms with Crippen LogP contribution in [0, 0.1) is 6.92 Å². The Balaban J connectivity index is 2.12. The minimum atomic E-state index is -0.0611. The Kier molecular flexibility index (Phi) is 7.56. The second kappa shape index (κ2) is 8.97. The quantitative estimate of drug-likeness (QED) is 0.689. The number of rotatable bonds is 8. The van der Waals surface area contributed by atoms with Crippen LogP contribution < -0.4 is 10.6 Å². The molecule has 1 aromatic heterocycles. The lowest BCUT2D eigenvalue weighted by Gasteiger charge is -2.14. The number of hydrogen-bond acceptors (Lipinski definition) is 2. The summed E-state index contributed by atoms with van der Waals surface area (Å²) in [6, 6.07) is 4.33. The summed E-state index contributed by atoms with van der Waals surface area (Å²) in [7, 11) is 0. The van der Waals surface area contributed by atoms with Crippen LogP contribution in [0.4, 0.5) is 4.79 Å². The fourth-order valence-electron chi connectivity index (χ4n) is 1.97. The Bertz CT molecular complexity index is 376. The van der Waals surface area contributed by atoms with E-state index in [4.69, 9.17) is 0 Å². The average Bonchev–Trinajstić information content (AvgIpc) is 2.78. The van der Waals surface area contributed by atoms with E-state index in [0.29, 0.717) is 6.54 Å². The average molecular weight is 282 g/mol. The summed E-state index contributed by atoms with van der Waals surface area (Å²) in [5, 5.41) is 5.89. The van der Waals surface area contributed by atoms with Gasteiger partial charge in [-0.2, -0.15) is 0 Å². The van der Waals surface area contributed by atoms with Crippen molar-refractivity contribution in [1.29, 1.82) is 0 Å². The van der Waals surface area contributed by atoms with Gasteiger partial charge in [0.1, 0.15) is 0 Å². The number of carbonyl (C=O) groups excluding carboxylic acids is 1. The highest BCUT2D eigenvalue weighted by molar-refractivity contribution is 7.11. The van der Waals surface area contributed by atoms with Gasteiger partial charge in [-0.25, -0.2) is 4.79 Å². The van der Waals surface area contributed by atoms with Crippen LogP contribution in [0.3, 0.4) is 0 Å². The van der Waals surface area contributed by atoms with Crippen molar-refractivity contribution in [2.24, 2.45) is 0 Å². The molecule has 0 fully saturated rings. The largest absolute Gasteiger partial charge is 0.336 e. The minimum Gasteiger partial charge on any atom is -0.336 e. The van der Waals surface area contributed by atoms with E-state index in [2.05, 4.69) is 43.5 Å². The van der Waals surface area contributed by atoms with Gasteiger partial charge in [-0.3, -0.25) is 0 Å². The predicted octanol–water partition coefficient (Wildman–Crippen LogP) is 4.21. The van der Waals surface area contributed by atoms with Gasteiger partial charge in [-0.1, -0.05) is 32.6 Å². The summed E-state index contributed by atoms with van der Waals surface area (Å²) in [6.45, 7) is 6.97. The molecule has 0 aliphatic rings. The number of aryl methyl sites for hydroxylation is 1. The van der Waals surface area contributed by atoms with Gasteiger partial charge in [0.25, 0.3) is 0 Å². The molecule has 0 aromatic carbocycles. The first kappa shape index (κ1) is 16.0. The highest BCUT2D eigenvalue weighted by Gasteiger charge is 2.06. The van der Waals surface area contributed by atoms with Crippen LogP contribution in [0.25, 0.3) is 0 Å². The lowest BCUT2D eigenvalue weighted by molar-refractivity contribution is 0.236. The SMILES string of the molecule is CCCCCCC(C)NC(=O)NCc1ccc(C)s1. The topological polar surface area (TPSA) is 41.1 Å². The Morgan fingerprint density at radius 1 is 1.32 bits per heavy atom. The number of thiophene rings is 1. The Morgan fingerprint density at radius 2 is 2.11 bits per heavy atom. The van der Waals surface area contributed by atoms with E-state index in [0.717, 1.165) is 6.42 Å². The van der Waals surface area contributed by atoms with E-state index >= 15 is 0 Å². The fourth-order valence-corrected chi connectivity index (χ4v) is 2.80. The van der Waals surface area contributed by atoms with Crippen molar-refractivity contribution in [3.63, 3.8) is 0 Å². The molecule has 1 rings (SSSR count). The maximum atomic E-state index is 11.7. The number of nitrogens with one attached hydrogen (secondary N) is 2. The predicted molar refractivity (Wildman–Crippen MR) is 82.6 cm³/mol. The summed E-state index contributed by atoms with van der Waals surface area (Å²) in [6.07, 6.45) is 6.06. The van der Waals surface area contributed by atoms with Gasteiger partial charge in [-0.15, -0.1) is 11.3 Å². The van der Waals surface area contributed by atoms with Crippen molar-refractivity contribution in [1.82, 2.24) is 10.6 Å². The number of urea groups is 1. The molecule has 1 heterocycles. The maximum Gasteiger partial charge on any atom is 0.315 e. The molecule has 0 saturated heterocycles. The fraction of sp³-hybridized carbons (Fsp3) is 0.667. The number of amides is 2. The van der Waals surface area contributed by atoms with E-state index < -0.39 is 0 Å². The first-order valence-corrected chi connectivity index (χ1v) is 8.03. The second-order valence-electron chi connectivity index (χ2n) is 5.09. The van der Waals surface area contributed by atoms with Crippen molar-refractivity contribution in [3.8, 4) is 0 Å². The van der Waals surface area contributed by atoms with E-state index in [9.17, 15) is 4.79 Å². The molecule has 0 spiro atoms. The molecule has 0 bridgehead atoms. The molecule has 1 unspecified atom stereocenters. The molecule has 1 aromatic rings. The number of unbranched alkanes of at least 4 members (excludes halogenated alkanes) is 3. The van der Waals surface area contributed by atoms with Gasteiger partial charge in [-0.05, 0) is 32.4 Å². The maximum absolute atomic E-state index is 11.7. The van der Waals surface area contributed by atoms with Gasteiger partial charge >= 0.3 is 6.03 Å². The minimum absolute atomic E-state index is 0.0611. The zero-order valence-electron chi connectivity index (χ0n) is 12.3. The summed E-state index contributed by atoms with van der Waals surface area (Å²) >= 11 is 1.73. The van der Waals surface area contributed by atoms with Crippen molar-refractivity contribution >= 4 is 17.4 Å². The van der Waals surface area contributed by atoms with Crippen LogP contribution in [0.15, 0.2) is 12.1 Å². The summed E-state index contributed by atoms with van der Waals surface area (Å²) in [5.74, 6) is 0. The van der Waals surface area contributed by atoms with Crippen LogP contribution in [0.5, 0.6) is 0 Å². The zero-order valence-corrected chi connectivity index (χ0v) is 13.1. The third kappa shape index (κ3) is 7.21. The van der Waals surface area contributed by atoms with Gasteiger partial charge in [0, 0.05) is 15.8 Å².